The summed E-state index contributed by atoms with van der Waals surface area (Å²) in [5.74, 6) is -0.0477. The molecule has 0 unspecified atom stereocenters. The summed E-state index contributed by atoms with van der Waals surface area (Å²) in [5.41, 5.74) is 8.05. The Morgan fingerprint density at radius 1 is 1.15 bits per heavy atom. The zero-order valence-electron chi connectivity index (χ0n) is 11.1. The summed E-state index contributed by atoms with van der Waals surface area (Å²) in [4.78, 5) is 11.9. The number of nitrogens with one attached hydrogen (secondary N) is 1. The third kappa shape index (κ3) is 4.28. The molecular formula is C16H17ClN2O. The number of aryl methyl sites for hydroxylation is 1. The molecule has 3 N–H and O–H groups in total. The fraction of sp³-hybridized carbons (Fsp3) is 0.188. The predicted octanol–water partition coefficient (Wildman–Crippen LogP) is 3.88. The molecule has 2 aromatic rings. The summed E-state index contributed by atoms with van der Waals surface area (Å²) in [6, 6.07) is 15.2. The minimum Gasteiger partial charge on any atom is -0.399 e. The average Bonchev–Trinajstić information content (AvgIpc) is 2.44. The smallest absolute Gasteiger partial charge is 0.224 e. The highest BCUT2D eigenvalue weighted by molar-refractivity contribution is 6.33. The van der Waals surface area contributed by atoms with Crippen molar-refractivity contribution in [2.45, 2.75) is 19.3 Å². The van der Waals surface area contributed by atoms with Gasteiger partial charge < -0.3 is 11.1 Å². The van der Waals surface area contributed by atoms with Crippen molar-refractivity contribution in [3.05, 3.63) is 59.1 Å². The minimum absolute atomic E-state index is 0.0477. The molecule has 1 amide bonds. The summed E-state index contributed by atoms with van der Waals surface area (Å²) in [6.45, 7) is 0. The summed E-state index contributed by atoms with van der Waals surface area (Å²) in [5, 5.41) is 3.28. The number of hydrogen-bond donors (Lipinski definition) is 2. The Kier molecular flexibility index (Phi) is 5.02. The number of hydrogen-bond acceptors (Lipinski definition) is 2. The van der Waals surface area contributed by atoms with Crippen LogP contribution in [-0.4, -0.2) is 5.91 Å². The van der Waals surface area contributed by atoms with Crippen molar-refractivity contribution in [1.29, 1.82) is 0 Å². The zero-order valence-corrected chi connectivity index (χ0v) is 11.9. The quantitative estimate of drug-likeness (QED) is 0.820. The van der Waals surface area contributed by atoms with Crippen molar-refractivity contribution in [2.24, 2.45) is 0 Å². The first-order valence-electron chi connectivity index (χ1n) is 6.54. The van der Waals surface area contributed by atoms with Gasteiger partial charge in [0.1, 0.15) is 0 Å². The maximum absolute atomic E-state index is 11.9. The van der Waals surface area contributed by atoms with Gasteiger partial charge in [-0.3, -0.25) is 4.79 Å². The lowest BCUT2D eigenvalue weighted by Gasteiger charge is -2.08. The molecule has 0 fully saturated rings. The maximum atomic E-state index is 11.9. The Hall–Kier alpha value is -2.00. The molecule has 0 saturated carbocycles. The van der Waals surface area contributed by atoms with Crippen molar-refractivity contribution < 1.29 is 4.79 Å². The highest BCUT2D eigenvalue weighted by atomic mass is 35.5. The third-order valence-corrected chi connectivity index (χ3v) is 3.31. The molecule has 0 bridgehead atoms. The topological polar surface area (TPSA) is 55.1 Å². The second-order valence-corrected chi connectivity index (χ2v) is 5.03. The molecule has 2 rings (SSSR count). The number of halogens is 1. The Balaban J connectivity index is 1.82. The molecule has 0 radical (unpaired) electrons. The van der Waals surface area contributed by atoms with E-state index in [1.165, 1.54) is 5.56 Å². The maximum Gasteiger partial charge on any atom is 0.224 e. The number of nitrogen functional groups attached to an aromatic ring is 1. The Bertz CT molecular complexity index is 584. The molecule has 3 nitrogen and oxygen atoms in total. The number of nitrogens with two attached hydrogens (primary N) is 1. The van der Waals surface area contributed by atoms with E-state index < -0.39 is 0 Å². The van der Waals surface area contributed by atoms with Crippen molar-refractivity contribution in [1.82, 2.24) is 0 Å². The van der Waals surface area contributed by atoms with Crippen LogP contribution in [-0.2, 0) is 11.2 Å². The monoisotopic (exact) mass is 288 g/mol. The fourth-order valence-electron chi connectivity index (χ4n) is 1.95. The molecule has 20 heavy (non-hydrogen) atoms. The van der Waals surface area contributed by atoms with Gasteiger partial charge in [-0.25, -0.2) is 0 Å². The van der Waals surface area contributed by atoms with Gasteiger partial charge in [0.05, 0.1) is 10.7 Å². The third-order valence-electron chi connectivity index (χ3n) is 2.98. The van der Waals surface area contributed by atoms with Crippen molar-refractivity contribution in [2.75, 3.05) is 11.1 Å². The number of anilines is 2. The number of benzene rings is 2. The number of carbonyl (C=O) groups is 1. The number of amides is 1. The predicted molar refractivity (Wildman–Crippen MR) is 83.9 cm³/mol. The molecule has 0 aliphatic carbocycles. The first-order chi connectivity index (χ1) is 9.65. The molecule has 0 heterocycles. The van der Waals surface area contributed by atoms with Gasteiger partial charge in [-0.15, -0.1) is 0 Å². The molecule has 4 heteroatoms. The lowest BCUT2D eigenvalue weighted by molar-refractivity contribution is -0.116. The molecule has 0 atom stereocenters. The van der Waals surface area contributed by atoms with E-state index in [4.69, 9.17) is 17.3 Å². The molecule has 0 spiro atoms. The van der Waals surface area contributed by atoms with Crippen LogP contribution < -0.4 is 11.1 Å². The Morgan fingerprint density at radius 2 is 1.90 bits per heavy atom. The van der Waals surface area contributed by atoms with Gasteiger partial charge in [-0.1, -0.05) is 41.9 Å². The first-order valence-corrected chi connectivity index (χ1v) is 6.92. The SMILES string of the molecule is Nc1ccc(Cl)c(NC(=O)CCCc2ccccc2)c1. The highest BCUT2D eigenvalue weighted by Gasteiger charge is 2.06. The molecule has 2 aromatic carbocycles. The van der Waals surface area contributed by atoms with Crippen LogP contribution >= 0.6 is 11.6 Å². The number of carbonyl (C=O) groups excluding carboxylic acids is 1. The largest absolute Gasteiger partial charge is 0.399 e. The van der Waals surface area contributed by atoms with Crippen LogP contribution in [0.25, 0.3) is 0 Å². The lowest BCUT2D eigenvalue weighted by Crippen LogP contribution is -2.12. The van der Waals surface area contributed by atoms with Crippen LogP contribution in [0.15, 0.2) is 48.5 Å². The van der Waals surface area contributed by atoms with E-state index in [0.29, 0.717) is 22.8 Å². The van der Waals surface area contributed by atoms with Crippen LogP contribution in [0.5, 0.6) is 0 Å². The van der Waals surface area contributed by atoms with E-state index >= 15 is 0 Å². The second-order valence-electron chi connectivity index (χ2n) is 4.63. The molecule has 0 aromatic heterocycles. The van der Waals surface area contributed by atoms with Crippen LogP contribution in [0.2, 0.25) is 5.02 Å². The molecular weight excluding hydrogens is 272 g/mol. The Morgan fingerprint density at radius 3 is 2.65 bits per heavy atom. The van der Waals surface area contributed by atoms with E-state index in [1.54, 1.807) is 18.2 Å². The van der Waals surface area contributed by atoms with E-state index in [-0.39, 0.29) is 5.91 Å². The summed E-state index contributed by atoms with van der Waals surface area (Å²) >= 11 is 6.00. The highest BCUT2D eigenvalue weighted by Crippen LogP contribution is 2.24. The van der Waals surface area contributed by atoms with Crippen molar-refractivity contribution >= 4 is 28.9 Å². The molecule has 104 valence electrons. The van der Waals surface area contributed by atoms with Crippen molar-refractivity contribution in [3.8, 4) is 0 Å². The van der Waals surface area contributed by atoms with E-state index in [1.807, 2.05) is 18.2 Å². The van der Waals surface area contributed by atoms with Gasteiger partial charge in [-0.05, 0) is 36.6 Å². The number of rotatable bonds is 5. The minimum atomic E-state index is -0.0477. The zero-order chi connectivity index (χ0) is 14.4. The van der Waals surface area contributed by atoms with Gasteiger partial charge in [-0.2, -0.15) is 0 Å². The van der Waals surface area contributed by atoms with Crippen LogP contribution in [0.1, 0.15) is 18.4 Å². The molecule has 0 aliphatic rings. The van der Waals surface area contributed by atoms with E-state index in [0.717, 1.165) is 12.8 Å². The van der Waals surface area contributed by atoms with Crippen LogP contribution in [0.4, 0.5) is 11.4 Å². The molecule has 0 aliphatic heterocycles. The lowest BCUT2D eigenvalue weighted by atomic mass is 10.1. The van der Waals surface area contributed by atoms with E-state index in [9.17, 15) is 4.79 Å². The van der Waals surface area contributed by atoms with Gasteiger partial charge in [0.2, 0.25) is 5.91 Å². The second kappa shape index (κ2) is 6.96. The summed E-state index contributed by atoms with van der Waals surface area (Å²) < 4.78 is 0. The first kappa shape index (κ1) is 14.4. The molecule has 0 saturated heterocycles. The van der Waals surface area contributed by atoms with E-state index in [2.05, 4.69) is 17.4 Å². The van der Waals surface area contributed by atoms with Gasteiger partial charge in [0.25, 0.3) is 0 Å². The van der Waals surface area contributed by atoms with Gasteiger partial charge >= 0.3 is 0 Å². The summed E-state index contributed by atoms with van der Waals surface area (Å²) in [7, 11) is 0. The summed E-state index contributed by atoms with van der Waals surface area (Å²) in [6.07, 6.45) is 2.15. The average molecular weight is 289 g/mol. The van der Waals surface area contributed by atoms with Gasteiger partial charge in [0.15, 0.2) is 0 Å². The van der Waals surface area contributed by atoms with Crippen molar-refractivity contribution in [3.63, 3.8) is 0 Å². The standard InChI is InChI=1S/C16H17ClN2O/c17-14-10-9-13(18)11-15(14)19-16(20)8-4-7-12-5-2-1-3-6-12/h1-3,5-6,9-11H,4,7-8,18H2,(H,19,20). The Labute approximate surface area is 123 Å². The van der Waals surface area contributed by atoms with Crippen LogP contribution in [0, 0.1) is 0 Å². The van der Waals surface area contributed by atoms with Gasteiger partial charge in [0, 0.05) is 12.1 Å². The fourth-order valence-corrected chi connectivity index (χ4v) is 2.11. The normalized spacial score (nSPS) is 10.2. The van der Waals surface area contributed by atoms with Crippen LogP contribution in [0.3, 0.4) is 0 Å².